The summed E-state index contributed by atoms with van der Waals surface area (Å²) in [7, 11) is 3.31. The molecule has 2 amide bonds. The molecule has 0 aliphatic heterocycles. The van der Waals surface area contributed by atoms with Crippen molar-refractivity contribution in [1.82, 2.24) is 10.2 Å². The van der Waals surface area contributed by atoms with E-state index in [9.17, 15) is 9.59 Å². The minimum absolute atomic E-state index is 0.141. The standard InChI is InChI=1S/C12H14Br2N2O2/c1-7(12(18)16(2)3)15-11(17)8-4-9(13)6-10(14)5-8/h4-7H,1-3H3,(H,15,17). The third kappa shape index (κ3) is 4.10. The summed E-state index contributed by atoms with van der Waals surface area (Å²) in [6.07, 6.45) is 0. The van der Waals surface area contributed by atoms with Gasteiger partial charge in [0.05, 0.1) is 0 Å². The van der Waals surface area contributed by atoms with Gasteiger partial charge in [0.2, 0.25) is 5.91 Å². The number of carbonyl (C=O) groups excluding carboxylic acids is 2. The fourth-order valence-corrected chi connectivity index (χ4v) is 2.71. The zero-order valence-corrected chi connectivity index (χ0v) is 13.5. The van der Waals surface area contributed by atoms with Crippen molar-refractivity contribution in [3.05, 3.63) is 32.7 Å². The van der Waals surface area contributed by atoms with Gasteiger partial charge in [0.25, 0.3) is 5.91 Å². The highest BCUT2D eigenvalue weighted by Crippen LogP contribution is 2.20. The lowest BCUT2D eigenvalue weighted by molar-refractivity contribution is -0.130. The quantitative estimate of drug-likeness (QED) is 0.879. The molecular weight excluding hydrogens is 364 g/mol. The van der Waals surface area contributed by atoms with Gasteiger partial charge >= 0.3 is 0 Å². The summed E-state index contributed by atoms with van der Waals surface area (Å²) in [6, 6.07) is 4.69. The number of rotatable bonds is 3. The van der Waals surface area contributed by atoms with E-state index in [1.165, 1.54) is 4.90 Å². The fraction of sp³-hybridized carbons (Fsp3) is 0.333. The number of hydrogen-bond donors (Lipinski definition) is 1. The minimum Gasteiger partial charge on any atom is -0.347 e. The van der Waals surface area contributed by atoms with Crippen LogP contribution in [0.15, 0.2) is 27.1 Å². The van der Waals surface area contributed by atoms with Gasteiger partial charge in [0.1, 0.15) is 6.04 Å². The number of amides is 2. The molecule has 0 heterocycles. The van der Waals surface area contributed by atoms with E-state index < -0.39 is 6.04 Å². The summed E-state index contributed by atoms with van der Waals surface area (Å²) in [5.41, 5.74) is 0.495. The van der Waals surface area contributed by atoms with Crippen molar-refractivity contribution in [1.29, 1.82) is 0 Å². The van der Waals surface area contributed by atoms with Crippen molar-refractivity contribution in [2.45, 2.75) is 13.0 Å². The summed E-state index contributed by atoms with van der Waals surface area (Å²) < 4.78 is 1.60. The highest BCUT2D eigenvalue weighted by Gasteiger charge is 2.18. The maximum atomic E-state index is 12.0. The molecule has 98 valence electrons. The first-order valence-corrected chi connectivity index (χ1v) is 6.88. The van der Waals surface area contributed by atoms with Gasteiger partial charge in [-0.25, -0.2) is 0 Å². The zero-order chi connectivity index (χ0) is 13.9. The van der Waals surface area contributed by atoms with E-state index in [2.05, 4.69) is 37.2 Å². The highest BCUT2D eigenvalue weighted by molar-refractivity contribution is 9.11. The Bertz CT molecular complexity index is 455. The predicted octanol–water partition coefficient (Wildman–Crippen LogP) is 2.42. The smallest absolute Gasteiger partial charge is 0.251 e. The Kier molecular flexibility index (Phi) is 5.34. The molecule has 1 atom stereocenters. The number of benzene rings is 1. The number of hydrogen-bond acceptors (Lipinski definition) is 2. The SMILES string of the molecule is CC(NC(=O)c1cc(Br)cc(Br)c1)C(=O)N(C)C. The van der Waals surface area contributed by atoms with Crippen molar-refractivity contribution < 1.29 is 9.59 Å². The van der Waals surface area contributed by atoms with Crippen molar-refractivity contribution in [2.75, 3.05) is 14.1 Å². The Morgan fingerprint density at radius 2 is 1.67 bits per heavy atom. The molecule has 1 N–H and O–H groups in total. The molecule has 0 bridgehead atoms. The maximum absolute atomic E-state index is 12.0. The van der Waals surface area contributed by atoms with Gasteiger partial charge in [-0.05, 0) is 25.1 Å². The zero-order valence-electron chi connectivity index (χ0n) is 10.3. The molecule has 1 aromatic carbocycles. The summed E-state index contributed by atoms with van der Waals surface area (Å²) in [4.78, 5) is 25.0. The van der Waals surface area contributed by atoms with Crippen LogP contribution in [-0.4, -0.2) is 36.9 Å². The molecule has 0 fully saturated rings. The third-order valence-corrected chi connectivity index (χ3v) is 3.20. The first-order chi connectivity index (χ1) is 8.31. The lowest BCUT2D eigenvalue weighted by atomic mass is 10.2. The Morgan fingerprint density at radius 1 is 1.17 bits per heavy atom. The van der Waals surface area contributed by atoms with E-state index in [0.717, 1.165) is 8.95 Å². The van der Waals surface area contributed by atoms with Crippen LogP contribution in [-0.2, 0) is 4.79 Å². The fourth-order valence-electron chi connectivity index (χ4n) is 1.41. The van der Waals surface area contributed by atoms with Crippen molar-refractivity contribution in [2.24, 2.45) is 0 Å². The van der Waals surface area contributed by atoms with Crippen LogP contribution in [0.2, 0.25) is 0 Å². The predicted molar refractivity (Wildman–Crippen MR) is 77.5 cm³/mol. The molecule has 0 radical (unpaired) electrons. The molecule has 0 spiro atoms. The van der Waals surface area contributed by atoms with Crippen molar-refractivity contribution in [3.63, 3.8) is 0 Å². The van der Waals surface area contributed by atoms with Gasteiger partial charge in [-0.2, -0.15) is 0 Å². The number of likely N-dealkylation sites (N-methyl/N-ethyl adjacent to an activating group) is 1. The van der Waals surface area contributed by atoms with E-state index in [-0.39, 0.29) is 11.8 Å². The summed E-state index contributed by atoms with van der Waals surface area (Å²) in [5, 5.41) is 2.66. The van der Waals surface area contributed by atoms with Crippen LogP contribution in [0.4, 0.5) is 0 Å². The maximum Gasteiger partial charge on any atom is 0.251 e. The van der Waals surface area contributed by atoms with Gasteiger partial charge in [-0.1, -0.05) is 31.9 Å². The molecule has 1 rings (SSSR count). The molecule has 6 heteroatoms. The van der Waals surface area contributed by atoms with Crippen LogP contribution in [0.5, 0.6) is 0 Å². The first-order valence-electron chi connectivity index (χ1n) is 5.29. The van der Waals surface area contributed by atoms with Crippen molar-refractivity contribution >= 4 is 43.7 Å². The van der Waals surface area contributed by atoms with E-state index in [1.807, 2.05) is 6.07 Å². The average Bonchev–Trinajstić information content (AvgIpc) is 2.26. The summed E-state index contributed by atoms with van der Waals surface area (Å²) >= 11 is 6.63. The second-order valence-corrected chi connectivity index (χ2v) is 5.92. The molecule has 0 aliphatic carbocycles. The third-order valence-electron chi connectivity index (χ3n) is 2.28. The van der Waals surface area contributed by atoms with E-state index in [1.54, 1.807) is 33.2 Å². The van der Waals surface area contributed by atoms with E-state index in [0.29, 0.717) is 5.56 Å². The summed E-state index contributed by atoms with van der Waals surface area (Å²) in [5.74, 6) is -0.419. The summed E-state index contributed by atoms with van der Waals surface area (Å²) in [6.45, 7) is 1.66. The number of nitrogens with zero attached hydrogens (tertiary/aromatic N) is 1. The van der Waals surface area contributed by atoms with Gasteiger partial charge in [0.15, 0.2) is 0 Å². The second kappa shape index (κ2) is 6.33. The molecule has 1 unspecified atom stereocenters. The number of halogens is 2. The Balaban J connectivity index is 2.79. The van der Waals surface area contributed by atoms with E-state index >= 15 is 0 Å². The minimum atomic E-state index is -0.551. The lowest BCUT2D eigenvalue weighted by Gasteiger charge is -2.18. The van der Waals surface area contributed by atoms with Gasteiger partial charge in [-0.15, -0.1) is 0 Å². The monoisotopic (exact) mass is 376 g/mol. The Hall–Kier alpha value is -0.880. The molecule has 1 aromatic rings. The normalized spacial score (nSPS) is 11.8. The lowest BCUT2D eigenvalue weighted by Crippen LogP contribution is -2.44. The van der Waals surface area contributed by atoms with Gasteiger partial charge in [-0.3, -0.25) is 9.59 Å². The van der Waals surface area contributed by atoms with Crippen LogP contribution >= 0.6 is 31.9 Å². The van der Waals surface area contributed by atoms with Crippen LogP contribution < -0.4 is 5.32 Å². The molecule has 0 saturated heterocycles. The molecule has 0 aliphatic rings. The average molecular weight is 378 g/mol. The number of carbonyl (C=O) groups is 2. The van der Waals surface area contributed by atoms with Gasteiger partial charge < -0.3 is 10.2 Å². The van der Waals surface area contributed by atoms with Crippen LogP contribution in [0.25, 0.3) is 0 Å². The molecular formula is C12H14Br2N2O2. The Labute approximate surface area is 123 Å². The first kappa shape index (κ1) is 15.2. The topological polar surface area (TPSA) is 49.4 Å². The van der Waals surface area contributed by atoms with Gasteiger partial charge in [0, 0.05) is 28.6 Å². The molecule has 4 nitrogen and oxygen atoms in total. The van der Waals surface area contributed by atoms with Crippen LogP contribution in [0.3, 0.4) is 0 Å². The highest BCUT2D eigenvalue weighted by atomic mass is 79.9. The largest absolute Gasteiger partial charge is 0.347 e. The second-order valence-electron chi connectivity index (χ2n) is 4.09. The number of nitrogens with one attached hydrogen (secondary N) is 1. The Morgan fingerprint density at radius 3 is 2.11 bits per heavy atom. The molecule has 0 saturated carbocycles. The van der Waals surface area contributed by atoms with Crippen LogP contribution in [0.1, 0.15) is 17.3 Å². The molecule has 0 aromatic heterocycles. The van der Waals surface area contributed by atoms with E-state index in [4.69, 9.17) is 0 Å². The molecule has 18 heavy (non-hydrogen) atoms. The van der Waals surface area contributed by atoms with Crippen LogP contribution in [0, 0.1) is 0 Å². The van der Waals surface area contributed by atoms with Crippen molar-refractivity contribution in [3.8, 4) is 0 Å².